The molecule has 1 aromatic rings. The maximum Gasteiger partial charge on any atom is 0.379 e. The molecule has 13 heavy (non-hydrogen) atoms. The van der Waals surface area contributed by atoms with Gasteiger partial charge < -0.3 is 4.70 Å². The molecule has 0 atom stereocenters. The van der Waals surface area contributed by atoms with E-state index in [-0.39, 0.29) is 4.70 Å². The molecule has 0 bridgehead atoms. The molecule has 0 saturated heterocycles. The number of aryl methyl sites for hydroxylation is 1. The summed E-state index contributed by atoms with van der Waals surface area (Å²) >= 11 is -6.17. The van der Waals surface area contributed by atoms with E-state index in [0.29, 0.717) is 0 Å². The Balaban J connectivity index is 0. The predicted octanol–water partition coefficient (Wildman–Crippen LogP) is 0.142. The van der Waals surface area contributed by atoms with E-state index >= 15 is 0 Å². The van der Waals surface area contributed by atoms with Crippen LogP contribution in [0.25, 0.3) is 0 Å². The van der Waals surface area contributed by atoms with Crippen LogP contribution in [0.5, 0.6) is 0 Å². The molecule has 0 amide bonds. The molecule has 0 aliphatic rings. The topological polar surface area (TPSA) is 14.1 Å². The summed E-state index contributed by atoms with van der Waals surface area (Å²) in [4.78, 5) is 2.93. The number of halogens is 5. The second-order valence-electron chi connectivity index (χ2n) is 1.93. The minimum Gasteiger partial charge on any atom is -1.00 e. The summed E-state index contributed by atoms with van der Waals surface area (Å²) in [6.07, 6.45) is 3.82. The summed E-state index contributed by atoms with van der Waals surface area (Å²) in [5, 5.41) is 0. The Hall–Kier alpha value is -0.850. The summed E-state index contributed by atoms with van der Waals surface area (Å²) in [6, 6.07) is 4.06. The van der Waals surface area contributed by atoms with E-state index in [1.54, 1.807) is 0 Å². The van der Waals surface area contributed by atoms with Crippen LogP contribution in [0, 0.1) is 6.92 Å². The van der Waals surface area contributed by atoms with Crippen LogP contribution in [0.4, 0.5) is 15.5 Å². The van der Waals surface area contributed by atoms with E-state index in [0.717, 1.165) is 0 Å². The third kappa shape index (κ3) is 18.3. The first kappa shape index (κ1) is 14.7. The second kappa shape index (κ2) is 6.64. The average molecular weight is 221 g/mol. The van der Waals surface area contributed by atoms with Crippen LogP contribution in [0.1, 0.15) is 5.56 Å². The molecule has 78 valence electrons. The van der Waals surface area contributed by atoms with E-state index in [4.69, 9.17) is 0 Å². The van der Waals surface area contributed by atoms with E-state index in [9.17, 15) is 15.5 Å². The number of rotatable bonds is 0. The summed E-state index contributed by atoms with van der Waals surface area (Å²) in [6.45, 7) is 2.06. The maximum absolute atomic E-state index is 9.77. The predicted molar refractivity (Wildman–Crippen MR) is 39.8 cm³/mol. The van der Waals surface area contributed by atoms with Gasteiger partial charge in [0.15, 0.2) is 12.4 Å². The number of aromatic nitrogens is 1. The van der Waals surface area contributed by atoms with Gasteiger partial charge in [0.2, 0.25) is 0 Å². The van der Waals surface area contributed by atoms with Crippen molar-refractivity contribution in [3.05, 3.63) is 30.1 Å². The molecular weight excluding hydrogens is 213 g/mol. The fourth-order valence-corrected chi connectivity index (χ4v) is 0.470. The van der Waals surface area contributed by atoms with Crippen LogP contribution in [0.15, 0.2) is 24.5 Å². The third-order valence-electron chi connectivity index (χ3n) is 0.885. The summed E-state index contributed by atoms with van der Waals surface area (Å²) < 4.78 is 39.1. The van der Waals surface area contributed by atoms with Gasteiger partial charge in [0, 0.05) is 12.1 Å². The Morgan fingerprint density at radius 3 is 1.54 bits per heavy atom. The standard InChI is InChI=1S/C6H7N.F4S.FH/c1-6-2-4-7-5-3-6;1-5(2,3)4;/h2-5H,1H3;;1H. The van der Waals surface area contributed by atoms with Crippen LogP contribution in [0.3, 0.4) is 0 Å². The molecule has 0 radical (unpaired) electrons. The van der Waals surface area contributed by atoms with Crippen LogP contribution in [-0.2, 0) is 0 Å². The molecule has 0 spiro atoms. The zero-order chi connectivity index (χ0) is 9.61. The molecule has 0 saturated carbocycles. The molecule has 1 rings (SSSR count). The lowest BCUT2D eigenvalue weighted by Gasteiger charge is -1.87. The summed E-state index contributed by atoms with van der Waals surface area (Å²) in [5.74, 6) is 0. The Morgan fingerprint density at radius 1 is 1.08 bits per heavy atom. The average Bonchev–Trinajstić information content (AvgIpc) is 1.85. The van der Waals surface area contributed by atoms with E-state index in [1.807, 2.05) is 24.5 Å². The van der Waals surface area contributed by atoms with Crippen LogP contribution in [-0.4, -0.2) is 0 Å². The maximum atomic E-state index is 9.77. The van der Waals surface area contributed by atoms with Crippen molar-refractivity contribution >= 4 is 11.6 Å². The molecule has 1 nitrogen and oxygen atoms in total. The molecule has 1 aromatic heterocycles. The lowest BCUT2D eigenvalue weighted by atomic mass is 10.3. The lowest BCUT2D eigenvalue weighted by Crippen LogP contribution is -3.00. The Bertz CT molecular complexity index is 206. The molecule has 1 N–H and O–H groups in total. The van der Waals surface area contributed by atoms with Crippen molar-refractivity contribution in [1.82, 2.24) is 0 Å². The van der Waals surface area contributed by atoms with Crippen molar-refractivity contribution < 1.29 is 25.2 Å². The molecule has 1 heterocycles. The van der Waals surface area contributed by atoms with Gasteiger partial charge in [-0.2, -0.15) is 0 Å². The summed E-state index contributed by atoms with van der Waals surface area (Å²) in [5.41, 5.74) is 1.29. The van der Waals surface area contributed by atoms with Gasteiger partial charge in [-0.05, 0) is 12.5 Å². The van der Waals surface area contributed by atoms with Gasteiger partial charge in [-0.1, -0.05) is 15.5 Å². The Kier molecular flexibility index (Phi) is 7.49. The van der Waals surface area contributed by atoms with Gasteiger partial charge in [0.1, 0.15) is 0 Å². The highest BCUT2D eigenvalue weighted by molar-refractivity contribution is 8.16. The van der Waals surface area contributed by atoms with Gasteiger partial charge in [-0.15, -0.1) is 0 Å². The van der Waals surface area contributed by atoms with E-state index in [2.05, 4.69) is 11.9 Å². The van der Waals surface area contributed by atoms with Crippen molar-refractivity contribution in [2.24, 2.45) is 0 Å². The fourth-order valence-electron chi connectivity index (χ4n) is 0.470. The van der Waals surface area contributed by atoms with E-state index in [1.165, 1.54) is 5.56 Å². The molecule has 0 unspecified atom stereocenters. The molecule has 0 aliphatic carbocycles. The minimum atomic E-state index is -6.17. The first-order valence-electron chi connectivity index (χ1n) is 2.94. The highest BCUT2D eigenvalue weighted by atomic mass is 32.4. The Morgan fingerprint density at radius 2 is 1.38 bits per heavy atom. The van der Waals surface area contributed by atoms with Crippen molar-refractivity contribution in [1.29, 1.82) is 0 Å². The quantitative estimate of drug-likeness (QED) is 0.553. The number of aromatic amines is 1. The molecule has 7 heteroatoms. The highest BCUT2D eigenvalue weighted by Crippen LogP contribution is 2.54. The lowest BCUT2D eigenvalue weighted by molar-refractivity contribution is -0.378. The van der Waals surface area contributed by atoms with Crippen LogP contribution < -0.4 is 9.69 Å². The zero-order valence-corrected chi connectivity index (χ0v) is 7.42. The number of hydrogen-bond donors (Lipinski definition) is 0. The van der Waals surface area contributed by atoms with Crippen molar-refractivity contribution in [2.75, 3.05) is 0 Å². The SMILES string of the molecule is Cc1cc[nH+]cc1.FS(F)(F)F.[F-]. The van der Waals surface area contributed by atoms with Gasteiger partial charge >= 0.3 is 11.6 Å². The third-order valence-corrected chi connectivity index (χ3v) is 0.885. The van der Waals surface area contributed by atoms with Crippen LogP contribution >= 0.6 is 11.6 Å². The van der Waals surface area contributed by atoms with Gasteiger partial charge in [0.05, 0.1) is 0 Å². The first-order valence-corrected chi connectivity index (χ1v) is 4.17. The number of hydrogen-bond acceptors (Lipinski definition) is 0. The minimum absolute atomic E-state index is 0. The van der Waals surface area contributed by atoms with Crippen molar-refractivity contribution in [3.8, 4) is 0 Å². The molecule has 0 aliphatic heterocycles. The van der Waals surface area contributed by atoms with Gasteiger partial charge in [-0.3, -0.25) is 0 Å². The molecule has 0 fully saturated rings. The highest BCUT2D eigenvalue weighted by Gasteiger charge is 2.16. The number of H-pyrrole nitrogens is 1. The summed E-state index contributed by atoms with van der Waals surface area (Å²) in [7, 11) is 0. The monoisotopic (exact) mass is 221 g/mol. The first-order chi connectivity index (χ1) is 5.39. The van der Waals surface area contributed by atoms with Gasteiger partial charge in [-0.25, -0.2) is 4.98 Å². The van der Waals surface area contributed by atoms with Gasteiger partial charge in [0.25, 0.3) is 0 Å². The largest absolute Gasteiger partial charge is 1.00 e. The molecule has 0 aromatic carbocycles. The Labute approximate surface area is 74.7 Å². The van der Waals surface area contributed by atoms with Crippen LogP contribution in [0.2, 0.25) is 0 Å². The molecular formula is C6H8F5NS. The smallest absolute Gasteiger partial charge is 0.379 e. The van der Waals surface area contributed by atoms with Crippen molar-refractivity contribution in [3.63, 3.8) is 0 Å². The normalized spacial score (nSPS) is 10.5. The fraction of sp³-hybridized carbons (Fsp3) is 0.167. The second-order valence-corrected chi connectivity index (χ2v) is 2.63. The zero-order valence-electron chi connectivity index (χ0n) is 6.61. The number of pyridine rings is 1. The van der Waals surface area contributed by atoms with Crippen molar-refractivity contribution in [2.45, 2.75) is 6.92 Å². The van der Waals surface area contributed by atoms with E-state index < -0.39 is 11.6 Å². The number of nitrogens with one attached hydrogen (secondary N) is 1.